The molecule has 9 heteroatoms. The van der Waals surface area contributed by atoms with E-state index in [1.807, 2.05) is 53.4 Å². The number of carbonyl (C=O) groups is 2. The van der Waals surface area contributed by atoms with Gasteiger partial charge in [-0.2, -0.15) is 0 Å². The molecule has 5 rings (SSSR count). The molecule has 176 valence electrons. The molecule has 4 aromatic rings. The van der Waals surface area contributed by atoms with Crippen LogP contribution in [0.1, 0.15) is 32.2 Å². The van der Waals surface area contributed by atoms with Gasteiger partial charge in [0.25, 0.3) is 11.8 Å². The molecule has 2 aromatic carbocycles. The SMILES string of the molecule is O=C(N[C@H]1CN(C(=O)c2cc3cccc(Cl)c3s2)CCC1CCCl)c1cc2cccc(Cl)c2s1. The molecule has 1 saturated heterocycles. The molecule has 3 heterocycles. The minimum atomic E-state index is -0.178. The first-order chi connectivity index (χ1) is 16.4. The van der Waals surface area contributed by atoms with Crippen molar-refractivity contribution < 1.29 is 9.59 Å². The van der Waals surface area contributed by atoms with Gasteiger partial charge in [0.05, 0.1) is 29.2 Å². The predicted molar refractivity (Wildman–Crippen MR) is 144 cm³/mol. The van der Waals surface area contributed by atoms with Crippen molar-refractivity contribution in [2.24, 2.45) is 5.92 Å². The average Bonchev–Trinajstić information content (AvgIpc) is 3.46. The standard InChI is InChI=1S/C25H21Cl3N2O2S2/c26-9-7-14-8-10-30(25(32)21-12-16-4-2-6-18(28)23(16)34-21)13-19(14)29-24(31)20-11-15-3-1-5-17(27)22(15)33-20/h1-6,11-12,14,19H,7-10,13H2,(H,29,31)/t14?,19-/m0/s1. The van der Waals surface area contributed by atoms with E-state index in [4.69, 9.17) is 34.8 Å². The van der Waals surface area contributed by atoms with Crippen LogP contribution < -0.4 is 5.32 Å². The number of thiophene rings is 2. The molecule has 0 radical (unpaired) electrons. The van der Waals surface area contributed by atoms with Crippen LogP contribution in [0.4, 0.5) is 0 Å². The van der Waals surface area contributed by atoms with Crippen LogP contribution in [-0.2, 0) is 0 Å². The highest BCUT2D eigenvalue weighted by Crippen LogP contribution is 2.34. The average molecular weight is 552 g/mol. The Hall–Kier alpha value is -1.83. The molecular formula is C25H21Cl3N2O2S2. The van der Waals surface area contributed by atoms with Crippen molar-refractivity contribution in [3.05, 3.63) is 68.3 Å². The topological polar surface area (TPSA) is 49.4 Å². The van der Waals surface area contributed by atoms with Gasteiger partial charge in [0, 0.05) is 25.0 Å². The van der Waals surface area contributed by atoms with Crippen molar-refractivity contribution in [2.75, 3.05) is 19.0 Å². The van der Waals surface area contributed by atoms with E-state index in [2.05, 4.69) is 5.32 Å². The number of alkyl halides is 1. The van der Waals surface area contributed by atoms with Crippen LogP contribution in [0.25, 0.3) is 20.2 Å². The van der Waals surface area contributed by atoms with Gasteiger partial charge < -0.3 is 10.2 Å². The van der Waals surface area contributed by atoms with Crippen LogP contribution in [0.15, 0.2) is 48.5 Å². The number of piperidine rings is 1. The smallest absolute Gasteiger partial charge is 0.264 e. The largest absolute Gasteiger partial charge is 0.347 e. The lowest BCUT2D eigenvalue weighted by molar-refractivity contribution is 0.0614. The lowest BCUT2D eigenvalue weighted by atomic mass is 9.89. The van der Waals surface area contributed by atoms with Gasteiger partial charge in [0.1, 0.15) is 0 Å². The monoisotopic (exact) mass is 550 g/mol. The Morgan fingerprint density at radius 1 is 0.971 bits per heavy atom. The molecule has 1 unspecified atom stereocenters. The zero-order valence-corrected chi connectivity index (χ0v) is 21.9. The number of likely N-dealkylation sites (tertiary alicyclic amines) is 1. The fourth-order valence-corrected chi connectivity index (χ4v) is 7.38. The number of rotatable bonds is 5. The first-order valence-electron chi connectivity index (χ1n) is 11.0. The minimum absolute atomic E-state index is 0.0329. The lowest BCUT2D eigenvalue weighted by Crippen LogP contribution is -2.54. The molecule has 0 bridgehead atoms. The molecule has 1 aliphatic heterocycles. The van der Waals surface area contributed by atoms with E-state index in [0.717, 1.165) is 33.0 Å². The second-order valence-corrected chi connectivity index (χ2v) is 11.7. The Balaban J connectivity index is 1.35. The zero-order valence-electron chi connectivity index (χ0n) is 18.0. The highest BCUT2D eigenvalue weighted by molar-refractivity contribution is 7.21. The van der Waals surface area contributed by atoms with E-state index in [1.165, 1.54) is 22.7 Å². The molecule has 2 amide bonds. The summed E-state index contributed by atoms with van der Waals surface area (Å²) in [7, 11) is 0. The van der Waals surface area contributed by atoms with Crippen LogP contribution in [0.2, 0.25) is 10.0 Å². The van der Waals surface area contributed by atoms with E-state index in [9.17, 15) is 9.59 Å². The minimum Gasteiger partial charge on any atom is -0.347 e. The summed E-state index contributed by atoms with van der Waals surface area (Å²) in [5.74, 6) is 0.540. The second-order valence-electron chi connectivity index (χ2n) is 8.40. The Morgan fingerprint density at radius 3 is 2.21 bits per heavy atom. The Labute approximate surface area is 220 Å². The van der Waals surface area contributed by atoms with Crippen LogP contribution in [-0.4, -0.2) is 41.7 Å². The van der Waals surface area contributed by atoms with E-state index in [1.54, 1.807) is 0 Å². The number of fused-ring (bicyclic) bond motifs is 2. The third-order valence-corrected chi connectivity index (χ3v) is 9.69. The molecule has 34 heavy (non-hydrogen) atoms. The molecule has 1 fully saturated rings. The summed E-state index contributed by atoms with van der Waals surface area (Å²) in [5, 5.41) is 6.38. The summed E-state index contributed by atoms with van der Waals surface area (Å²) in [4.78, 5) is 29.6. The number of hydrogen-bond acceptors (Lipinski definition) is 4. The summed E-state index contributed by atoms with van der Waals surface area (Å²) in [5.41, 5.74) is 0. The van der Waals surface area contributed by atoms with Gasteiger partial charge in [-0.05, 0) is 53.8 Å². The predicted octanol–water partition coefficient (Wildman–Crippen LogP) is 7.31. The Kier molecular flexibility index (Phi) is 7.05. The van der Waals surface area contributed by atoms with Crippen molar-refractivity contribution in [1.29, 1.82) is 0 Å². The van der Waals surface area contributed by atoms with Crippen molar-refractivity contribution in [1.82, 2.24) is 10.2 Å². The number of hydrogen-bond donors (Lipinski definition) is 1. The first-order valence-corrected chi connectivity index (χ1v) is 13.9. The number of nitrogens with zero attached hydrogens (tertiary/aromatic N) is 1. The molecule has 2 aromatic heterocycles. The summed E-state index contributed by atoms with van der Waals surface area (Å²) < 4.78 is 1.81. The quantitative estimate of drug-likeness (QED) is 0.264. The van der Waals surface area contributed by atoms with Crippen molar-refractivity contribution >= 4 is 89.5 Å². The third-order valence-electron chi connectivity index (χ3n) is 6.27. The second kappa shape index (κ2) is 10.0. The van der Waals surface area contributed by atoms with Crippen molar-refractivity contribution in [3.63, 3.8) is 0 Å². The van der Waals surface area contributed by atoms with E-state index in [-0.39, 0.29) is 23.8 Å². The fourth-order valence-electron chi connectivity index (χ4n) is 4.50. The normalized spacial score (nSPS) is 18.5. The number of halogens is 3. The van der Waals surface area contributed by atoms with Gasteiger partial charge >= 0.3 is 0 Å². The highest BCUT2D eigenvalue weighted by atomic mass is 35.5. The van der Waals surface area contributed by atoms with E-state index in [0.29, 0.717) is 38.8 Å². The summed E-state index contributed by atoms with van der Waals surface area (Å²) in [6.45, 7) is 1.08. The van der Waals surface area contributed by atoms with Crippen LogP contribution in [0, 0.1) is 5.92 Å². The molecule has 4 nitrogen and oxygen atoms in total. The van der Waals surface area contributed by atoms with E-state index >= 15 is 0 Å². The van der Waals surface area contributed by atoms with Crippen LogP contribution in [0.5, 0.6) is 0 Å². The van der Waals surface area contributed by atoms with Gasteiger partial charge in [0.2, 0.25) is 0 Å². The number of amides is 2. The van der Waals surface area contributed by atoms with Gasteiger partial charge in [-0.1, -0.05) is 47.5 Å². The first kappa shape index (κ1) is 23.9. The van der Waals surface area contributed by atoms with Crippen molar-refractivity contribution in [3.8, 4) is 0 Å². The Morgan fingerprint density at radius 2 is 1.59 bits per heavy atom. The molecular weight excluding hydrogens is 531 g/mol. The maximum Gasteiger partial charge on any atom is 0.264 e. The van der Waals surface area contributed by atoms with Gasteiger partial charge in [-0.15, -0.1) is 34.3 Å². The van der Waals surface area contributed by atoms with E-state index < -0.39 is 0 Å². The number of nitrogens with one attached hydrogen (secondary N) is 1. The zero-order chi connectivity index (χ0) is 23.8. The molecule has 2 atom stereocenters. The molecule has 0 saturated carbocycles. The molecule has 0 spiro atoms. The van der Waals surface area contributed by atoms with Crippen molar-refractivity contribution in [2.45, 2.75) is 18.9 Å². The fraction of sp³-hybridized carbons (Fsp3) is 0.280. The molecule has 0 aliphatic carbocycles. The third kappa shape index (κ3) is 4.67. The van der Waals surface area contributed by atoms with Gasteiger partial charge in [-0.3, -0.25) is 9.59 Å². The summed E-state index contributed by atoms with van der Waals surface area (Å²) in [6.07, 6.45) is 1.57. The number of carbonyl (C=O) groups excluding carboxylic acids is 2. The maximum absolute atomic E-state index is 13.3. The summed E-state index contributed by atoms with van der Waals surface area (Å²) >= 11 is 21.5. The highest BCUT2D eigenvalue weighted by Gasteiger charge is 2.33. The lowest BCUT2D eigenvalue weighted by Gasteiger charge is -2.38. The number of benzene rings is 2. The molecule has 1 N–H and O–H groups in total. The van der Waals surface area contributed by atoms with Crippen LogP contribution in [0.3, 0.4) is 0 Å². The maximum atomic E-state index is 13.3. The summed E-state index contributed by atoms with van der Waals surface area (Å²) in [6, 6.07) is 14.9. The van der Waals surface area contributed by atoms with Crippen LogP contribution >= 0.6 is 57.5 Å². The van der Waals surface area contributed by atoms with Gasteiger partial charge in [0.15, 0.2) is 0 Å². The van der Waals surface area contributed by atoms with Gasteiger partial charge in [-0.25, -0.2) is 0 Å². The molecule has 1 aliphatic rings. The Bertz CT molecular complexity index is 1380.